The van der Waals surface area contributed by atoms with Gasteiger partial charge in [-0.25, -0.2) is 4.98 Å². The second-order valence-corrected chi connectivity index (χ2v) is 3.62. The Morgan fingerprint density at radius 3 is 2.79 bits per heavy atom. The Bertz CT molecular complexity index is 581. The molecular formula is C12H14N6O. The second kappa shape index (κ2) is 5.67. The molecule has 0 aromatic carbocycles. The summed E-state index contributed by atoms with van der Waals surface area (Å²) in [5, 5.41) is 3.85. The smallest absolute Gasteiger partial charge is 0.169 e. The molecule has 19 heavy (non-hydrogen) atoms. The molecule has 0 atom stereocenters. The molecule has 0 aliphatic heterocycles. The minimum Gasteiger partial charge on any atom is -0.456 e. The standard InChI is InChI=1S/C12H14N6O/c1-15-18-12(14)10-6-8(4-5-16-10)19-9-2-3-11(13)17-7-9/h2-7,15H,1H3,(H2,13,17)(H2,14,18). The SMILES string of the molecule is CN/N=C(\N)c1cc(Oc2ccc(N)nc2)ccn1. The zero-order valence-electron chi connectivity index (χ0n) is 10.4. The molecule has 0 aliphatic carbocycles. The number of nitrogens with zero attached hydrogens (tertiary/aromatic N) is 3. The fourth-order valence-corrected chi connectivity index (χ4v) is 1.38. The molecule has 0 amide bonds. The first-order valence-corrected chi connectivity index (χ1v) is 5.55. The first-order valence-electron chi connectivity index (χ1n) is 5.55. The number of pyridine rings is 2. The summed E-state index contributed by atoms with van der Waals surface area (Å²) in [6.07, 6.45) is 3.13. The molecule has 2 aromatic rings. The second-order valence-electron chi connectivity index (χ2n) is 3.62. The van der Waals surface area contributed by atoms with E-state index in [9.17, 15) is 0 Å². The largest absolute Gasteiger partial charge is 0.456 e. The lowest BCUT2D eigenvalue weighted by Gasteiger charge is -2.06. The Hall–Kier alpha value is -2.83. The highest BCUT2D eigenvalue weighted by Gasteiger charge is 2.04. The summed E-state index contributed by atoms with van der Waals surface area (Å²) in [6, 6.07) is 6.79. The number of ether oxygens (including phenoxy) is 1. The van der Waals surface area contributed by atoms with Crippen LogP contribution in [-0.4, -0.2) is 22.9 Å². The Balaban J connectivity index is 2.19. The van der Waals surface area contributed by atoms with Gasteiger partial charge in [0.05, 0.1) is 6.20 Å². The Kier molecular flexibility index (Phi) is 3.77. The van der Waals surface area contributed by atoms with Crippen LogP contribution in [0.1, 0.15) is 5.69 Å². The van der Waals surface area contributed by atoms with Crippen LogP contribution in [0.2, 0.25) is 0 Å². The van der Waals surface area contributed by atoms with Gasteiger partial charge in [0, 0.05) is 19.3 Å². The highest BCUT2D eigenvalue weighted by Crippen LogP contribution is 2.20. The van der Waals surface area contributed by atoms with Crippen LogP contribution in [0, 0.1) is 0 Å². The topological polar surface area (TPSA) is 111 Å². The third kappa shape index (κ3) is 3.32. The number of nitrogens with one attached hydrogen (secondary N) is 1. The third-order valence-corrected chi connectivity index (χ3v) is 2.22. The molecule has 0 radical (unpaired) electrons. The molecular weight excluding hydrogens is 244 g/mol. The van der Waals surface area contributed by atoms with Crippen molar-refractivity contribution in [1.82, 2.24) is 15.4 Å². The minimum atomic E-state index is 0.281. The van der Waals surface area contributed by atoms with Crippen LogP contribution in [-0.2, 0) is 0 Å². The van der Waals surface area contributed by atoms with Crippen molar-refractivity contribution in [3.05, 3.63) is 42.4 Å². The summed E-state index contributed by atoms with van der Waals surface area (Å²) < 4.78 is 5.61. The molecule has 7 nitrogen and oxygen atoms in total. The first-order chi connectivity index (χ1) is 9.19. The zero-order chi connectivity index (χ0) is 13.7. The highest BCUT2D eigenvalue weighted by atomic mass is 16.5. The van der Waals surface area contributed by atoms with E-state index in [0.29, 0.717) is 23.0 Å². The molecule has 0 fully saturated rings. The normalized spacial score (nSPS) is 11.1. The van der Waals surface area contributed by atoms with Crippen molar-refractivity contribution in [2.45, 2.75) is 0 Å². The number of hydrazone groups is 1. The molecule has 5 N–H and O–H groups in total. The van der Waals surface area contributed by atoms with Crippen molar-refractivity contribution in [2.75, 3.05) is 12.8 Å². The lowest BCUT2D eigenvalue weighted by atomic mass is 10.3. The van der Waals surface area contributed by atoms with Crippen molar-refractivity contribution in [2.24, 2.45) is 10.8 Å². The number of aromatic nitrogens is 2. The zero-order valence-corrected chi connectivity index (χ0v) is 10.4. The first kappa shape index (κ1) is 12.6. The summed E-state index contributed by atoms with van der Waals surface area (Å²) in [6.45, 7) is 0. The fraction of sp³-hybridized carbons (Fsp3) is 0.0833. The predicted molar refractivity (Wildman–Crippen MR) is 72.7 cm³/mol. The number of nitrogen functional groups attached to an aromatic ring is 1. The average Bonchev–Trinajstić information content (AvgIpc) is 2.42. The predicted octanol–water partition coefficient (Wildman–Crippen LogP) is 0.691. The van der Waals surface area contributed by atoms with E-state index >= 15 is 0 Å². The van der Waals surface area contributed by atoms with E-state index in [1.165, 1.54) is 0 Å². The van der Waals surface area contributed by atoms with Crippen LogP contribution in [0.25, 0.3) is 0 Å². The number of hydrogen-bond donors (Lipinski definition) is 3. The summed E-state index contributed by atoms with van der Waals surface area (Å²) >= 11 is 0. The molecule has 0 bridgehead atoms. The van der Waals surface area contributed by atoms with E-state index in [0.717, 1.165) is 0 Å². The van der Waals surface area contributed by atoms with Gasteiger partial charge >= 0.3 is 0 Å². The van der Waals surface area contributed by atoms with Crippen LogP contribution < -0.4 is 21.6 Å². The number of nitrogens with two attached hydrogens (primary N) is 2. The van der Waals surface area contributed by atoms with Crippen molar-refractivity contribution < 1.29 is 4.74 Å². The Labute approximate surface area is 110 Å². The van der Waals surface area contributed by atoms with E-state index in [-0.39, 0.29) is 5.84 Å². The van der Waals surface area contributed by atoms with Crippen LogP contribution >= 0.6 is 0 Å². The van der Waals surface area contributed by atoms with Gasteiger partial charge in [-0.2, -0.15) is 5.10 Å². The number of rotatable bonds is 4. The van der Waals surface area contributed by atoms with Gasteiger partial charge in [-0.1, -0.05) is 0 Å². The van der Waals surface area contributed by atoms with E-state index in [2.05, 4.69) is 20.5 Å². The summed E-state index contributed by atoms with van der Waals surface area (Å²) in [5.74, 6) is 1.89. The monoisotopic (exact) mass is 258 g/mol. The molecule has 0 spiro atoms. The summed E-state index contributed by atoms with van der Waals surface area (Å²) in [7, 11) is 1.66. The van der Waals surface area contributed by atoms with Gasteiger partial charge in [0.1, 0.15) is 23.0 Å². The molecule has 0 unspecified atom stereocenters. The molecule has 2 rings (SSSR count). The van der Waals surface area contributed by atoms with Gasteiger partial charge in [0.15, 0.2) is 5.84 Å². The van der Waals surface area contributed by atoms with Gasteiger partial charge in [-0.3, -0.25) is 4.98 Å². The summed E-state index contributed by atoms with van der Waals surface area (Å²) in [5.41, 5.74) is 14.4. The number of hydrogen-bond acceptors (Lipinski definition) is 6. The number of amidine groups is 1. The third-order valence-electron chi connectivity index (χ3n) is 2.22. The van der Waals surface area contributed by atoms with Crippen molar-refractivity contribution in [3.63, 3.8) is 0 Å². The van der Waals surface area contributed by atoms with E-state index < -0.39 is 0 Å². The highest BCUT2D eigenvalue weighted by molar-refractivity contribution is 5.95. The van der Waals surface area contributed by atoms with E-state index in [1.807, 2.05) is 0 Å². The van der Waals surface area contributed by atoms with Crippen LogP contribution in [0.5, 0.6) is 11.5 Å². The maximum absolute atomic E-state index is 5.73. The Morgan fingerprint density at radius 2 is 2.11 bits per heavy atom. The molecule has 0 saturated carbocycles. The van der Waals surface area contributed by atoms with Crippen molar-refractivity contribution in [1.29, 1.82) is 0 Å². The lowest BCUT2D eigenvalue weighted by molar-refractivity contribution is 0.479. The molecule has 2 heterocycles. The molecule has 2 aromatic heterocycles. The van der Waals surface area contributed by atoms with Crippen LogP contribution in [0.15, 0.2) is 41.8 Å². The minimum absolute atomic E-state index is 0.281. The van der Waals surface area contributed by atoms with E-state index in [4.69, 9.17) is 16.2 Å². The fourth-order valence-electron chi connectivity index (χ4n) is 1.38. The van der Waals surface area contributed by atoms with Gasteiger partial charge in [0.2, 0.25) is 0 Å². The maximum atomic E-state index is 5.73. The van der Waals surface area contributed by atoms with Gasteiger partial charge in [-0.05, 0) is 18.2 Å². The maximum Gasteiger partial charge on any atom is 0.169 e. The van der Waals surface area contributed by atoms with E-state index in [1.54, 1.807) is 43.7 Å². The number of anilines is 1. The Morgan fingerprint density at radius 1 is 1.26 bits per heavy atom. The van der Waals surface area contributed by atoms with Crippen LogP contribution in [0.3, 0.4) is 0 Å². The molecule has 0 saturated heterocycles. The van der Waals surface area contributed by atoms with Gasteiger partial charge < -0.3 is 21.6 Å². The molecule has 98 valence electrons. The van der Waals surface area contributed by atoms with Crippen molar-refractivity contribution in [3.8, 4) is 11.5 Å². The summed E-state index contributed by atoms with van der Waals surface area (Å²) in [4.78, 5) is 8.04. The molecule has 0 aliphatic rings. The molecule has 7 heteroatoms. The van der Waals surface area contributed by atoms with Crippen molar-refractivity contribution >= 4 is 11.7 Å². The lowest BCUT2D eigenvalue weighted by Crippen LogP contribution is -2.18. The quantitative estimate of drug-likeness (QED) is 0.422. The average molecular weight is 258 g/mol. The van der Waals surface area contributed by atoms with Crippen LogP contribution in [0.4, 0.5) is 5.82 Å². The van der Waals surface area contributed by atoms with Gasteiger partial charge in [-0.15, -0.1) is 0 Å². The van der Waals surface area contributed by atoms with Gasteiger partial charge in [0.25, 0.3) is 0 Å².